The van der Waals surface area contributed by atoms with Crippen LogP contribution in [0.3, 0.4) is 0 Å². The fourth-order valence-electron chi connectivity index (χ4n) is 4.51. The summed E-state index contributed by atoms with van der Waals surface area (Å²) in [5.41, 5.74) is 0.397. The molecule has 0 aromatic heterocycles. The number of sulfonamides is 1. The SMILES string of the molecule is COc1ccc(S(=O)(=O)N2CCCCC2)cc1NC(=O)CN1C[C@H](C)C[C@H](C)C1. The third kappa shape index (κ3) is 5.49. The molecule has 0 saturated carbocycles. The van der Waals surface area contributed by atoms with Crippen molar-refractivity contribution in [3.8, 4) is 5.75 Å². The van der Waals surface area contributed by atoms with Gasteiger partial charge >= 0.3 is 0 Å². The smallest absolute Gasteiger partial charge is 0.243 e. The van der Waals surface area contributed by atoms with Gasteiger partial charge in [0, 0.05) is 26.2 Å². The Morgan fingerprint density at radius 1 is 1.14 bits per heavy atom. The third-order valence-corrected chi connectivity index (χ3v) is 7.60. The van der Waals surface area contributed by atoms with Crippen molar-refractivity contribution in [1.82, 2.24) is 9.21 Å². The summed E-state index contributed by atoms with van der Waals surface area (Å²) in [6, 6.07) is 4.67. The highest BCUT2D eigenvalue weighted by Gasteiger charge is 2.27. The maximum absolute atomic E-state index is 13.0. The van der Waals surface area contributed by atoms with Crippen molar-refractivity contribution in [2.24, 2.45) is 11.8 Å². The molecule has 1 aromatic rings. The van der Waals surface area contributed by atoms with Gasteiger partial charge in [-0.25, -0.2) is 8.42 Å². The van der Waals surface area contributed by atoms with Gasteiger partial charge in [0.05, 0.1) is 24.2 Å². The van der Waals surface area contributed by atoms with E-state index in [4.69, 9.17) is 4.74 Å². The molecule has 2 heterocycles. The topological polar surface area (TPSA) is 79.0 Å². The zero-order valence-electron chi connectivity index (χ0n) is 17.7. The van der Waals surface area contributed by atoms with E-state index in [2.05, 4.69) is 24.1 Å². The van der Waals surface area contributed by atoms with Crippen molar-refractivity contribution >= 4 is 21.6 Å². The van der Waals surface area contributed by atoms with Crippen LogP contribution >= 0.6 is 0 Å². The van der Waals surface area contributed by atoms with E-state index in [1.54, 1.807) is 12.1 Å². The highest BCUT2D eigenvalue weighted by Crippen LogP contribution is 2.30. The first-order valence-electron chi connectivity index (χ1n) is 10.5. The fourth-order valence-corrected chi connectivity index (χ4v) is 6.06. The van der Waals surface area contributed by atoms with Gasteiger partial charge in [0.15, 0.2) is 0 Å². The summed E-state index contributed by atoms with van der Waals surface area (Å²) < 4.78 is 32.8. The molecule has 2 fully saturated rings. The van der Waals surface area contributed by atoms with Crippen LogP contribution in [0.4, 0.5) is 5.69 Å². The molecule has 0 unspecified atom stereocenters. The number of hydrogen-bond donors (Lipinski definition) is 1. The standard InChI is InChI=1S/C21H33N3O4S/c1-16-11-17(2)14-23(13-16)15-21(25)22-19-12-18(7-8-20(19)28-3)29(26,27)24-9-5-4-6-10-24/h7-8,12,16-17H,4-6,9-11,13-15H2,1-3H3,(H,22,25)/t16-,17+. The van der Waals surface area contributed by atoms with E-state index in [0.717, 1.165) is 32.4 Å². The van der Waals surface area contributed by atoms with Crippen LogP contribution in [0.15, 0.2) is 23.1 Å². The molecular formula is C21H33N3O4S. The van der Waals surface area contributed by atoms with Crippen molar-refractivity contribution < 1.29 is 17.9 Å². The number of nitrogens with one attached hydrogen (secondary N) is 1. The normalized spacial score (nSPS) is 24.2. The predicted octanol–water partition coefficient (Wildman–Crippen LogP) is 2.79. The largest absolute Gasteiger partial charge is 0.495 e. The van der Waals surface area contributed by atoms with Gasteiger partial charge in [-0.3, -0.25) is 9.69 Å². The monoisotopic (exact) mass is 423 g/mol. The van der Waals surface area contributed by atoms with Gasteiger partial charge in [-0.05, 0) is 49.3 Å². The van der Waals surface area contributed by atoms with Crippen LogP contribution < -0.4 is 10.1 Å². The van der Waals surface area contributed by atoms with E-state index in [0.29, 0.717) is 42.9 Å². The Morgan fingerprint density at radius 2 is 1.79 bits per heavy atom. The number of piperidine rings is 2. The Bertz CT molecular complexity index is 811. The lowest BCUT2D eigenvalue weighted by atomic mass is 9.92. The summed E-state index contributed by atoms with van der Waals surface area (Å²) in [7, 11) is -2.06. The van der Waals surface area contributed by atoms with Gasteiger partial charge in [-0.2, -0.15) is 4.31 Å². The second-order valence-electron chi connectivity index (χ2n) is 8.52. The average molecular weight is 424 g/mol. The molecule has 1 N–H and O–H groups in total. The Labute approximate surface area is 174 Å². The van der Waals surface area contributed by atoms with Crippen LogP contribution in [-0.2, 0) is 14.8 Å². The minimum absolute atomic E-state index is 0.155. The molecule has 1 amide bonds. The number of amides is 1. The summed E-state index contributed by atoms with van der Waals surface area (Å²) in [4.78, 5) is 15.0. The predicted molar refractivity (Wildman–Crippen MR) is 114 cm³/mol. The minimum atomic E-state index is -3.57. The Balaban J connectivity index is 1.74. The lowest BCUT2D eigenvalue weighted by molar-refractivity contribution is -0.117. The molecule has 2 saturated heterocycles. The van der Waals surface area contributed by atoms with E-state index in [-0.39, 0.29) is 10.8 Å². The van der Waals surface area contributed by atoms with Gasteiger partial charge in [-0.15, -0.1) is 0 Å². The number of carbonyl (C=O) groups excluding carboxylic acids is 1. The fraction of sp³-hybridized carbons (Fsp3) is 0.667. The lowest BCUT2D eigenvalue weighted by Crippen LogP contribution is -2.42. The van der Waals surface area contributed by atoms with Gasteiger partial charge in [0.25, 0.3) is 0 Å². The highest BCUT2D eigenvalue weighted by atomic mass is 32.2. The lowest BCUT2D eigenvalue weighted by Gasteiger charge is -2.34. The van der Waals surface area contributed by atoms with Crippen molar-refractivity contribution in [2.45, 2.75) is 44.4 Å². The number of anilines is 1. The number of hydrogen-bond acceptors (Lipinski definition) is 5. The van der Waals surface area contributed by atoms with Crippen molar-refractivity contribution in [1.29, 1.82) is 0 Å². The molecule has 0 aliphatic carbocycles. The molecule has 8 heteroatoms. The second kappa shape index (κ2) is 9.45. The van der Waals surface area contributed by atoms with E-state index in [1.165, 1.54) is 23.9 Å². The van der Waals surface area contributed by atoms with Crippen LogP contribution in [0, 0.1) is 11.8 Å². The number of benzene rings is 1. The molecule has 0 radical (unpaired) electrons. The number of rotatable bonds is 6. The maximum atomic E-state index is 13.0. The Morgan fingerprint density at radius 3 is 2.41 bits per heavy atom. The van der Waals surface area contributed by atoms with E-state index < -0.39 is 10.0 Å². The van der Waals surface area contributed by atoms with E-state index in [9.17, 15) is 13.2 Å². The van der Waals surface area contributed by atoms with Crippen molar-refractivity contribution in [3.63, 3.8) is 0 Å². The quantitative estimate of drug-likeness (QED) is 0.761. The molecule has 2 aliphatic rings. The summed E-state index contributed by atoms with van der Waals surface area (Å²) in [6.07, 6.45) is 4.00. The van der Waals surface area contributed by atoms with E-state index in [1.807, 2.05) is 0 Å². The molecule has 29 heavy (non-hydrogen) atoms. The Kier molecular flexibility index (Phi) is 7.19. The first-order valence-corrected chi connectivity index (χ1v) is 11.9. The van der Waals surface area contributed by atoms with Crippen molar-refractivity contribution in [2.75, 3.05) is 45.2 Å². The van der Waals surface area contributed by atoms with Crippen LogP contribution in [0.5, 0.6) is 5.75 Å². The van der Waals surface area contributed by atoms with Crippen LogP contribution in [0.1, 0.15) is 39.5 Å². The first-order chi connectivity index (χ1) is 13.8. The van der Waals surface area contributed by atoms with Crippen molar-refractivity contribution in [3.05, 3.63) is 18.2 Å². The van der Waals surface area contributed by atoms with Gasteiger partial charge < -0.3 is 10.1 Å². The third-order valence-electron chi connectivity index (χ3n) is 5.71. The maximum Gasteiger partial charge on any atom is 0.243 e. The molecule has 2 aliphatic heterocycles. The average Bonchev–Trinajstić information content (AvgIpc) is 2.67. The summed E-state index contributed by atoms with van der Waals surface area (Å²) >= 11 is 0. The van der Waals surface area contributed by atoms with Crippen LogP contribution in [0.25, 0.3) is 0 Å². The second-order valence-corrected chi connectivity index (χ2v) is 10.5. The van der Waals surface area contributed by atoms with Gasteiger partial charge in [0.2, 0.25) is 15.9 Å². The Hall–Kier alpha value is -1.64. The summed E-state index contributed by atoms with van der Waals surface area (Å²) in [6.45, 7) is 7.59. The van der Waals surface area contributed by atoms with Gasteiger partial charge in [0.1, 0.15) is 5.75 Å². The zero-order valence-corrected chi connectivity index (χ0v) is 18.5. The number of ether oxygens (including phenoxy) is 1. The molecule has 3 rings (SSSR count). The number of methoxy groups -OCH3 is 1. The summed E-state index contributed by atoms with van der Waals surface area (Å²) in [5, 5.41) is 2.87. The first kappa shape index (κ1) is 22.1. The molecule has 1 aromatic carbocycles. The molecule has 162 valence electrons. The minimum Gasteiger partial charge on any atom is -0.495 e. The number of likely N-dealkylation sites (tertiary alicyclic amines) is 1. The molecule has 7 nitrogen and oxygen atoms in total. The molecule has 0 bridgehead atoms. The highest BCUT2D eigenvalue weighted by molar-refractivity contribution is 7.89. The number of carbonyl (C=O) groups is 1. The van der Waals surface area contributed by atoms with Crippen LogP contribution in [-0.4, -0.2) is 63.4 Å². The molecule has 0 spiro atoms. The molecular weight excluding hydrogens is 390 g/mol. The van der Waals surface area contributed by atoms with E-state index >= 15 is 0 Å². The molecule has 2 atom stereocenters. The zero-order chi connectivity index (χ0) is 21.0. The van der Waals surface area contributed by atoms with Crippen LogP contribution in [0.2, 0.25) is 0 Å². The number of nitrogens with zero attached hydrogens (tertiary/aromatic N) is 2. The van der Waals surface area contributed by atoms with Gasteiger partial charge in [-0.1, -0.05) is 20.3 Å². The summed E-state index contributed by atoms with van der Waals surface area (Å²) in [5.74, 6) is 1.44.